The summed E-state index contributed by atoms with van der Waals surface area (Å²) in [4.78, 5) is 20.5. The van der Waals surface area contributed by atoms with Crippen LogP contribution in [0.1, 0.15) is 18.4 Å². The number of rotatable bonds is 4. The Morgan fingerprint density at radius 2 is 2.17 bits per heavy atom. The Labute approximate surface area is 132 Å². The van der Waals surface area contributed by atoms with Gasteiger partial charge in [0.15, 0.2) is 0 Å². The van der Waals surface area contributed by atoms with Crippen molar-refractivity contribution in [1.29, 1.82) is 5.26 Å². The highest BCUT2D eigenvalue weighted by Gasteiger charge is 2.16. The first-order chi connectivity index (χ1) is 11.0. The van der Waals surface area contributed by atoms with Crippen LogP contribution in [0.3, 0.4) is 0 Å². The Morgan fingerprint density at radius 3 is 2.74 bits per heavy atom. The van der Waals surface area contributed by atoms with E-state index in [0.29, 0.717) is 18.8 Å². The normalized spacial score (nSPS) is 14.0. The van der Waals surface area contributed by atoms with Crippen LogP contribution in [0.25, 0.3) is 5.57 Å². The van der Waals surface area contributed by atoms with Gasteiger partial charge in [0.25, 0.3) is 0 Å². The maximum absolute atomic E-state index is 9.10. The Kier molecular flexibility index (Phi) is 7.29. The Hall–Kier alpha value is -2.86. The fourth-order valence-electron chi connectivity index (χ4n) is 1.92. The van der Waals surface area contributed by atoms with Crippen LogP contribution in [0, 0.1) is 11.3 Å². The summed E-state index contributed by atoms with van der Waals surface area (Å²) in [6, 6.07) is 2.09. The molecule has 0 atom stereocenters. The van der Waals surface area contributed by atoms with E-state index < -0.39 is 11.9 Å². The van der Waals surface area contributed by atoms with Crippen molar-refractivity contribution in [3.8, 4) is 6.07 Å². The van der Waals surface area contributed by atoms with Gasteiger partial charge >= 0.3 is 11.9 Å². The molecule has 9 heteroatoms. The van der Waals surface area contributed by atoms with Crippen LogP contribution >= 0.6 is 0 Å². The minimum absolute atomic E-state index is 0.457. The molecule has 9 nitrogen and oxygen atoms in total. The minimum Gasteiger partial charge on any atom is -0.473 e. The van der Waals surface area contributed by atoms with Gasteiger partial charge < -0.3 is 25.0 Å². The topological polar surface area (TPSA) is 140 Å². The first-order valence-corrected chi connectivity index (χ1v) is 6.85. The molecule has 3 N–H and O–H groups in total. The smallest absolute Gasteiger partial charge is 0.414 e. The van der Waals surface area contributed by atoms with Gasteiger partial charge in [-0.05, 0) is 19.0 Å². The Morgan fingerprint density at radius 1 is 1.48 bits per heavy atom. The van der Waals surface area contributed by atoms with Gasteiger partial charge in [0.2, 0.25) is 5.88 Å². The quantitative estimate of drug-likeness (QED) is 0.544. The molecule has 0 fully saturated rings. The number of nitrogens with one attached hydrogen (secondary N) is 1. The van der Waals surface area contributed by atoms with E-state index in [9.17, 15) is 0 Å². The van der Waals surface area contributed by atoms with Crippen molar-refractivity contribution in [2.24, 2.45) is 0 Å². The highest BCUT2D eigenvalue weighted by atomic mass is 16.5. The van der Waals surface area contributed by atoms with E-state index in [1.165, 1.54) is 5.57 Å². The van der Waals surface area contributed by atoms with Crippen molar-refractivity contribution in [1.82, 2.24) is 10.1 Å². The molecule has 2 heterocycles. The molecule has 0 aliphatic carbocycles. The van der Waals surface area contributed by atoms with Gasteiger partial charge in [0.05, 0.1) is 24.3 Å². The Balaban J connectivity index is 0.000000379. The lowest BCUT2D eigenvalue weighted by Crippen LogP contribution is -2.25. The number of aromatic nitrogens is 1. The zero-order chi connectivity index (χ0) is 17.2. The van der Waals surface area contributed by atoms with Crippen LogP contribution in [0.15, 0.2) is 16.8 Å². The van der Waals surface area contributed by atoms with Gasteiger partial charge in [-0.15, -0.1) is 0 Å². The molecule has 1 aliphatic heterocycles. The van der Waals surface area contributed by atoms with E-state index in [1.54, 1.807) is 6.20 Å². The average molecular weight is 322 g/mol. The molecule has 0 aromatic carbocycles. The van der Waals surface area contributed by atoms with Crippen molar-refractivity contribution in [2.75, 3.05) is 32.0 Å². The fraction of sp³-hybridized carbons (Fsp3) is 0.429. The third-order valence-corrected chi connectivity index (χ3v) is 2.96. The molecular weight excluding hydrogens is 304 g/mol. The lowest BCUT2D eigenvalue weighted by Gasteiger charge is -2.22. The molecule has 2 rings (SSSR count). The second-order valence-corrected chi connectivity index (χ2v) is 4.77. The molecule has 0 saturated carbocycles. The number of hydrogen-bond acceptors (Lipinski definition) is 7. The standard InChI is InChI=1S/C12H16N4O.C2H2O4/c1-16-7-2-4-10(9-16)11-8-15-17-12(11)14-6-3-5-13;3-1(4)2(5)6/h4,8,14H,2-3,6-7,9H2,1H3;(H,3,4)(H,5,6). The van der Waals surface area contributed by atoms with Crippen LogP contribution in [0.2, 0.25) is 0 Å². The van der Waals surface area contributed by atoms with E-state index >= 15 is 0 Å². The fourth-order valence-corrected chi connectivity index (χ4v) is 1.92. The highest BCUT2D eigenvalue weighted by Crippen LogP contribution is 2.26. The van der Waals surface area contributed by atoms with Gasteiger partial charge in [-0.2, -0.15) is 5.26 Å². The molecule has 0 spiro atoms. The van der Waals surface area contributed by atoms with Crippen LogP contribution < -0.4 is 5.32 Å². The molecule has 0 unspecified atom stereocenters. The molecule has 1 aliphatic rings. The number of carboxylic acid groups (broad SMARTS) is 2. The minimum atomic E-state index is -1.82. The number of aliphatic carboxylic acids is 2. The zero-order valence-electron chi connectivity index (χ0n) is 12.7. The average Bonchev–Trinajstić information content (AvgIpc) is 2.96. The van der Waals surface area contributed by atoms with Crippen LogP contribution in [0.5, 0.6) is 0 Å². The molecule has 0 bridgehead atoms. The highest BCUT2D eigenvalue weighted by molar-refractivity contribution is 6.27. The number of carbonyl (C=O) groups is 2. The molecule has 0 saturated heterocycles. The van der Waals surface area contributed by atoms with Gasteiger partial charge in [-0.1, -0.05) is 11.2 Å². The van der Waals surface area contributed by atoms with E-state index in [2.05, 4.69) is 34.6 Å². The number of carboxylic acids is 2. The zero-order valence-corrected chi connectivity index (χ0v) is 12.7. The van der Waals surface area contributed by atoms with Gasteiger partial charge in [0.1, 0.15) is 0 Å². The predicted octanol–water partition coefficient (Wildman–Crippen LogP) is 0.875. The number of nitriles is 1. The van der Waals surface area contributed by atoms with Gasteiger partial charge in [-0.25, -0.2) is 9.59 Å². The summed E-state index contributed by atoms with van der Waals surface area (Å²) in [5.41, 5.74) is 2.24. The van der Waals surface area contributed by atoms with E-state index in [-0.39, 0.29) is 0 Å². The third-order valence-electron chi connectivity index (χ3n) is 2.96. The SMILES string of the molecule is CN1CCC=C(c2cnoc2NCCC#N)C1.O=C(O)C(=O)O. The number of likely N-dealkylation sites (N-methyl/N-ethyl adjacent to an activating group) is 1. The number of hydrogen-bond donors (Lipinski definition) is 3. The second kappa shape index (κ2) is 9.22. The maximum Gasteiger partial charge on any atom is 0.414 e. The van der Waals surface area contributed by atoms with Crippen LogP contribution in [0.4, 0.5) is 5.88 Å². The second-order valence-electron chi connectivity index (χ2n) is 4.77. The van der Waals surface area contributed by atoms with Crippen molar-refractivity contribution >= 4 is 23.4 Å². The lowest BCUT2D eigenvalue weighted by atomic mass is 10.0. The predicted molar refractivity (Wildman–Crippen MR) is 80.6 cm³/mol. The first-order valence-electron chi connectivity index (χ1n) is 6.85. The molecule has 1 aromatic rings. The lowest BCUT2D eigenvalue weighted by molar-refractivity contribution is -0.159. The van der Waals surface area contributed by atoms with E-state index in [1.807, 2.05) is 0 Å². The monoisotopic (exact) mass is 322 g/mol. The molecule has 1 aromatic heterocycles. The first kappa shape index (κ1) is 18.2. The maximum atomic E-state index is 9.10. The van der Waals surface area contributed by atoms with Crippen molar-refractivity contribution in [2.45, 2.75) is 12.8 Å². The van der Waals surface area contributed by atoms with Crippen molar-refractivity contribution < 1.29 is 24.3 Å². The molecule has 0 amide bonds. The summed E-state index contributed by atoms with van der Waals surface area (Å²) in [5, 5.41) is 30.2. The summed E-state index contributed by atoms with van der Waals surface area (Å²) >= 11 is 0. The van der Waals surface area contributed by atoms with Crippen molar-refractivity contribution in [3.05, 3.63) is 17.8 Å². The summed E-state index contributed by atoms with van der Waals surface area (Å²) in [5.74, 6) is -2.98. The van der Waals surface area contributed by atoms with Gasteiger partial charge in [-0.3, -0.25) is 0 Å². The number of anilines is 1. The Bertz CT molecular complexity index is 605. The van der Waals surface area contributed by atoms with E-state index in [0.717, 1.165) is 25.1 Å². The van der Waals surface area contributed by atoms with Crippen LogP contribution in [-0.2, 0) is 9.59 Å². The molecular formula is C14H18N4O5. The summed E-state index contributed by atoms with van der Waals surface area (Å²) < 4.78 is 5.17. The largest absolute Gasteiger partial charge is 0.473 e. The van der Waals surface area contributed by atoms with E-state index in [4.69, 9.17) is 29.6 Å². The van der Waals surface area contributed by atoms with Crippen LogP contribution in [-0.4, -0.2) is 58.9 Å². The molecule has 0 radical (unpaired) electrons. The molecule has 23 heavy (non-hydrogen) atoms. The number of nitrogens with zero attached hydrogens (tertiary/aromatic N) is 3. The van der Waals surface area contributed by atoms with Gasteiger partial charge in [0, 0.05) is 19.6 Å². The van der Waals surface area contributed by atoms with Crippen molar-refractivity contribution in [3.63, 3.8) is 0 Å². The summed E-state index contributed by atoms with van der Waals surface area (Å²) in [7, 11) is 2.10. The summed E-state index contributed by atoms with van der Waals surface area (Å²) in [6.45, 7) is 2.59. The molecule has 124 valence electrons. The summed E-state index contributed by atoms with van der Waals surface area (Å²) in [6.07, 6.45) is 5.47. The third kappa shape index (κ3) is 6.19.